The van der Waals surface area contributed by atoms with Gasteiger partial charge in [-0.1, -0.05) is 13.8 Å². The van der Waals surface area contributed by atoms with Crippen LogP contribution in [-0.4, -0.2) is 10.1 Å². The van der Waals surface area contributed by atoms with Crippen LogP contribution in [0.3, 0.4) is 0 Å². The summed E-state index contributed by atoms with van der Waals surface area (Å²) in [5, 5.41) is 8.57. The Kier molecular flexibility index (Phi) is 10.2. The lowest BCUT2D eigenvalue weighted by Crippen LogP contribution is -1.64. The zero-order valence-electron chi connectivity index (χ0n) is 6.11. The van der Waals surface area contributed by atoms with Gasteiger partial charge in [0.15, 0.2) is 0 Å². The summed E-state index contributed by atoms with van der Waals surface area (Å²) in [5.41, 5.74) is 0. The van der Waals surface area contributed by atoms with E-state index in [1.54, 1.807) is 18.3 Å². The lowest BCUT2D eigenvalue weighted by Gasteiger charge is -1.81. The van der Waals surface area contributed by atoms with Crippen LogP contribution in [0.5, 0.6) is 5.75 Å². The molecule has 1 heterocycles. The van der Waals surface area contributed by atoms with Crippen LogP contribution in [0.25, 0.3) is 0 Å². The van der Waals surface area contributed by atoms with Gasteiger partial charge in [-0.2, -0.15) is 0 Å². The average Bonchev–Trinajstić information content (AvgIpc) is 1.94. The Labute approximate surface area is 71.7 Å². The van der Waals surface area contributed by atoms with E-state index in [9.17, 15) is 0 Å². The van der Waals surface area contributed by atoms with Crippen LogP contribution in [0.4, 0.5) is 0 Å². The third-order valence-corrected chi connectivity index (χ3v) is 0.646. The third-order valence-electron chi connectivity index (χ3n) is 0.646. The predicted molar refractivity (Wildman–Crippen MR) is 47.6 cm³/mol. The van der Waals surface area contributed by atoms with Crippen molar-refractivity contribution in [2.45, 2.75) is 13.8 Å². The maximum atomic E-state index is 8.57. The van der Waals surface area contributed by atoms with Crippen LogP contribution in [-0.2, 0) is 0 Å². The van der Waals surface area contributed by atoms with Crippen LogP contribution in [0.15, 0.2) is 24.5 Å². The summed E-state index contributed by atoms with van der Waals surface area (Å²) >= 11 is 0. The molecule has 0 saturated carbocycles. The van der Waals surface area contributed by atoms with Gasteiger partial charge in [-0.15, -0.1) is 17.0 Å². The molecule has 1 aromatic rings. The molecule has 58 valence electrons. The first-order valence-corrected chi connectivity index (χ1v) is 2.98. The van der Waals surface area contributed by atoms with Gasteiger partial charge in [0.05, 0.1) is 6.20 Å². The van der Waals surface area contributed by atoms with E-state index in [1.165, 1.54) is 6.20 Å². The minimum atomic E-state index is 0. The summed E-state index contributed by atoms with van der Waals surface area (Å²) in [4.78, 5) is 3.63. The van der Waals surface area contributed by atoms with Crippen molar-refractivity contribution in [1.82, 2.24) is 4.98 Å². The standard InChI is InChI=1S/C5H5NO.C2H6.BrH/c7-5-2-1-3-6-4-5;1-2;/h1-4,7H;1-2H3;1H. The first-order chi connectivity index (χ1) is 4.39. The van der Waals surface area contributed by atoms with E-state index in [4.69, 9.17) is 5.11 Å². The predicted octanol–water partition coefficient (Wildman–Crippen LogP) is 2.39. The van der Waals surface area contributed by atoms with E-state index in [-0.39, 0.29) is 22.7 Å². The first-order valence-electron chi connectivity index (χ1n) is 2.98. The number of rotatable bonds is 0. The number of hydrogen-bond acceptors (Lipinski definition) is 2. The molecule has 0 fully saturated rings. The largest absolute Gasteiger partial charge is 0.506 e. The fraction of sp³-hybridized carbons (Fsp3) is 0.286. The molecule has 0 aromatic carbocycles. The topological polar surface area (TPSA) is 33.1 Å². The van der Waals surface area contributed by atoms with Crippen molar-refractivity contribution in [2.75, 3.05) is 0 Å². The number of aromatic nitrogens is 1. The van der Waals surface area contributed by atoms with Crippen molar-refractivity contribution in [3.05, 3.63) is 24.5 Å². The lowest BCUT2D eigenvalue weighted by atomic mass is 10.5. The van der Waals surface area contributed by atoms with Crippen molar-refractivity contribution in [2.24, 2.45) is 0 Å². The van der Waals surface area contributed by atoms with Gasteiger partial charge in [0, 0.05) is 6.20 Å². The van der Waals surface area contributed by atoms with Crippen molar-refractivity contribution >= 4 is 17.0 Å². The maximum absolute atomic E-state index is 8.57. The second-order valence-corrected chi connectivity index (χ2v) is 1.21. The highest BCUT2D eigenvalue weighted by Gasteiger charge is 1.76. The molecule has 1 N–H and O–H groups in total. The first kappa shape index (κ1) is 12.1. The van der Waals surface area contributed by atoms with Crippen LogP contribution in [0.1, 0.15) is 13.8 Å². The van der Waals surface area contributed by atoms with E-state index in [0.717, 1.165) is 0 Å². The fourth-order valence-electron chi connectivity index (χ4n) is 0.354. The number of hydrogen-bond donors (Lipinski definition) is 1. The Morgan fingerprint density at radius 2 is 2.00 bits per heavy atom. The molecule has 0 spiro atoms. The van der Waals surface area contributed by atoms with Crippen molar-refractivity contribution in [3.63, 3.8) is 0 Å². The highest BCUT2D eigenvalue weighted by Crippen LogP contribution is 1.99. The Hall–Kier alpha value is -0.570. The van der Waals surface area contributed by atoms with E-state index in [0.29, 0.717) is 0 Å². The molecule has 0 atom stereocenters. The molecule has 0 amide bonds. The molecular formula is C7H12BrNO. The number of pyridine rings is 1. The van der Waals surface area contributed by atoms with E-state index < -0.39 is 0 Å². The van der Waals surface area contributed by atoms with E-state index >= 15 is 0 Å². The van der Waals surface area contributed by atoms with Crippen molar-refractivity contribution in [3.8, 4) is 5.75 Å². The quantitative estimate of drug-likeness (QED) is 0.706. The Bertz CT molecular complexity index is 144. The van der Waals surface area contributed by atoms with Gasteiger partial charge < -0.3 is 5.11 Å². The summed E-state index contributed by atoms with van der Waals surface area (Å²) in [7, 11) is 0. The smallest absolute Gasteiger partial charge is 0.133 e. The molecule has 1 rings (SSSR count). The second-order valence-electron chi connectivity index (χ2n) is 1.21. The molecule has 1 aromatic heterocycles. The normalized spacial score (nSPS) is 6.60. The Balaban J connectivity index is 0. The minimum Gasteiger partial charge on any atom is -0.506 e. The maximum Gasteiger partial charge on any atom is 0.133 e. The van der Waals surface area contributed by atoms with Crippen molar-refractivity contribution in [1.29, 1.82) is 0 Å². The van der Waals surface area contributed by atoms with Crippen LogP contribution < -0.4 is 0 Å². The third kappa shape index (κ3) is 5.56. The summed E-state index contributed by atoms with van der Waals surface area (Å²) in [6, 6.07) is 3.25. The van der Waals surface area contributed by atoms with Crippen molar-refractivity contribution < 1.29 is 5.11 Å². The number of nitrogens with zero attached hydrogens (tertiary/aromatic N) is 1. The minimum absolute atomic E-state index is 0. The highest BCUT2D eigenvalue weighted by molar-refractivity contribution is 8.93. The van der Waals surface area contributed by atoms with Gasteiger partial charge in [0.2, 0.25) is 0 Å². The Morgan fingerprint density at radius 1 is 1.40 bits per heavy atom. The molecule has 0 radical (unpaired) electrons. The number of aromatic hydroxyl groups is 1. The fourth-order valence-corrected chi connectivity index (χ4v) is 0.354. The zero-order chi connectivity index (χ0) is 7.11. The molecule has 0 aliphatic rings. The van der Waals surface area contributed by atoms with Crippen LogP contribution in [0.2, 0.25) is 0 Å². The van der Waals surface area contributed by atoms with Gasteiger partial charge in [-0.3, -0.25) is 4.98 Å². The SMILES string of the molecule is Br.CC.Oc1cccnc1. The summed E-state index contributed by atoms with van der Waals surface area (Å²) in [6.07, 6.45) is 3.00. The average molecular weight is 206 g/mol. The summed E-state index contributed by atoms with van der Waals surface area (Å²) in [6.45, 7) is 4.00. The van der Waals surface area contributed by atoms with E-state index in [2.05, 4.69) is 4.98 Å². The van der Waals surface area contributed by atoms with Gasteiger partial charge in [-0.05, 0) is 12.1 Å². The molecule has 0 aliphatic heterocycles. The monoisotopic (exact) mass is 205 g/mol. The molecule has 0 saturated heterocycles. The lowest BCUT2D eigenvalue weighted by molar-refractivity contribution is 0.472. The van der Waals surface area contributed by atoms with Gasteiger partial charge in [-0.25, -0.2) is 0 Å². The van der Waals surface area contributed by atoms with Crippen LogP contribution >= 0.6 is 17.0 Å². The highest BCUT2D eigenvalue weighted by atomic mass is 79.9. The van der Waals surface area contributed by atoms with Gasteiger partial charge in [0.25, 0.3) is 0 Å². The molecular weight excluding hydrogens is 194 g/mol. The summed E-state index contributed by atoms with van der Waals surface area (Å²) in [5.74, 6) is 0.211. The van der Waals surface area contributed by atoms with Gasteiger partial charge in [0.1, 0.15) is 5.75 Å². The molecule has 0 bridgehead atoms. The summed E-state index contributed by atoms with van der Waals surface area (Å²) < 4.78 is 0. The second kappa shape index (κ2) is 8.43. The zero-order valence-corrected chi connectivity index (χ0v) is 7.83. The molecule has 2 nitrogen and oxygen atoms in total. The number of halogens is 1. The van der Waals surface area contributed by atoms with E-state index in [1.807, 2.05) is 13.8 Å². The molecule has 0 aliphatic carbocycles. The van der Waals surface area contributed by atoms with Crippen LogP contribution in [0, 0.1) is 0 Å². The molecule has 10 heavy (non-hydrogen) atoms. The van der Waals surface area contributed by atoms with Gasteiger partial charge >= 0.3 is 0 Å². The molecule has 3 heteroatoms. The Morgan fingerprint density at radius 3 is 2.20 bits per heavy atom. The molecule has 0 unspecified atom stereocenters.